The van der Waals surface area contributed by atoms with Crippen molar-refractivity contribution in [1.82, 2.24) is 29.7 Å². The number of anilines is 2. The molecular weight excluding hydrogens is 498 g/mol. The van der Waals surface area contributed by atoms with Crippen molar-refractivity contribution in [3.8, 4) is 11.1 Å². The van der Waals surface area contributed by atoms with E-state index in [1.165, 1.54) is 0 Å². The van der Waals surface area contributed by atoms with Gasteiger partial charge in [-0.2, -0.15) is 4.98 Å². The summed E-state index contributed by atoms with van der Waals surface area (Å²) in [5, 5.41) is 10.5. The minimum Gasteiger partial charge on any atom is -0.378 e. The van der Waals surface area contributed by atoms with Gasteiger partial charge in [-0.3, -0.25) is 14.4 Å². The quantitative estimate of drug-likeness (QED) is 0.410. The summed E-state index contributed by atoms with van der Waals surface area (Å²) in [5.74, 6) is 0.104. The van der Waals surface area contributed by atoms with Gasteiger partial charge in [0.05, 0.1) is 19.8 Å². The molecule has 0 radical (unpaired) electrons. The van der Waals surface area contributed by atoms with E-state index in [1.54, 1.807) is 38.6 Å². The lowest BCUT2D eigenvalue weighted by atomic mass is 10.0. The Hall–Kier alpha value is -4.77. The van der Waals surface area contributed by atoms with E-state index < -0.39 is 0 Å². The van der Waals surface area contributed by atoms with E-state index in [2.05, 4.69) is 20.7 Å². The fraction of sp³-hybridized carbons (Fsp3) is 0.250. The molecule has 4 aromatic rings. The highest BCUT2D eigenvalue weighted by Gasteiger charge is 2.22. The molecule has 6 rings (SSSR count). The normalized spacial score (nSPS) is 15.7. The fourth-order valence-electron chi connectivity index (χ4n) is 4.75. The van der Waals surface area contributed by atoms with Crippen molar-refractivity contribution in [3.05, 3.63) is 78.0 Å². The molecule has 0 aliphatic carbocycles. The summed E-state index contributed by atoms with van der Waals surface area (Å²) in [5.41, 5.74) is 4.32. The Labute approximate surface area is 224 Å². The zero-order chi connectivity index (χ0) is 26.8. The number of benzene rings is 2. The van der Waals surface area contributed by atoms with Crippen LogP contribution in [0.3, 0.4) is 0 Å². The summed E-state index contributed by atoms with van der Waals surface area (Å²) < 4.78 is 7.02. The maximum absolute atomic E-state index is 12.8. The summed E-state index contributed by atoms with van der Waals surface area (Å²) in [6, 6.07) is 18.4. The Bertz CT molecular complexity index is 1530. The summed E-state index contributed by atoms with van der Waals surface area (Å²) in [4.78, 5) is 45.2. The third-order valence-electron chi connectivity index (χ3n) is 6.82. The first kappa shape index (κ1) is 24.6. The summed E-state index contributed by atoms with van der Waals surface area (Å²) in [6.07, 6.45) is 1.82. The van der Waals surface area contributed by atoms with Crippen LogP contribution in [0.1, 0.15) is 20.7 Å². The number of aromatic nitrogens is 3. The molecule has 2 aromatic carbocycles. The summed E-state index contributed by atoms with van der Waals surface area (Å²) in [6.45, 7) is 3.35. The number of nitrogens with zero attached hydrogens (tertiary/aromatic N) is 5. The van der Waals surface area contributed by atoms with Crippen LogP contribution in [0, 0.1) is 0 Å². The lowest BCUT2D eigenvalue weighted by molar-refractivity contribution is -0.123. The van der Waals surface area contributed by atoms with Crippen LogP contribution in [-0.2, 0) is 9.53 Å². The molecule has 11 nitrogen and oxygen atoms in total. The van der Waals surface area contributed by atoms with Crippen molar-refractivity contribution in [2.45, 2.75) is 0 Å². The number of nitrogens with one attached hydrogen (secondary N) is 2. The van der Waals surface area contributed by atoms with Gasteiger partial charge in [0.25, 0.3) is 11.8 Å². The van der Waals surface area contributed by atoms with Gasteiger partial charge < -0.3 is 25.2 Å². The van der Waals surface area contributed by atoms with Crippen molar-refractivity contribution in [2.24, 2.45) is 0 Å². The number of amides is 3. The van der Waals surface area contributed by atoms with Crippen LogP contribution in [0.4, 0.5) is 11.6 Å². The largest absolute Gasteiger partial charge is 0.378 e. The van der Waals surface area contributed by atoms with E-state index in [0.29, 0.717) is 62.1 Å². The molecule has 11 heteroatoms. The smallest absolute Gasteiger partial charge is 0.254 e. The van der Waals surface area contributed by atoms with Crippen molar-refractivity contribution >= 4 is 35.0 Å². The molecule has 198 valence electrons. The van der Waals surface area contributed by atoms with Gasteiger partial charge in [0.1, 0.15) is 0 Å². The monoisotopic (exact) mass is 525 g/mol. The standard InChI is InChI=1S/C28H27N7O4/c36-24-18-34(13-11-29-24)27(38)20-5-3-19(4-6-20)23-2-1-12-35-25(23)31-28(32-35)30-22-9-7-21(8-10-22)26(37)33-14-16-39-17-15-33/h1-10,12H,11,13-18H2,(H,29,36)(H,30,32). The van der Waals surface area contributed by atoms with Crippen molar-refractivity contribution < 1.29 is 19.1 Å². The first-order valence-electron chi connectivity index (χ1n) is 12.8. The first-order chi connectivity index (χ1) is 19.0. The Morgan fingerprint density at radius 3 is 2.28 bits per heavy atom. The number of rotatable bonds is 5. The number of hydrogen-bond donors (Lipinski definition) is 2. The van der Waals surface area contributed by atoms with Crippen LogP contribution in [0.15, 0.2) is 66.9 Å². The molecule has 0 bridgehead atoms. The number of ether oxygens (including phenoxy) is 1. The van der Waals surface area contributed by atoms with Crippen molar-refractivity contribution in [1.29, 1.82) is 0 Å². The molecule has 0 saturated carbocycles. The lowest BCUT2D eigenvalue weighted by Crippen LogP contribution is -2.49. The Morgan fingerprint density at radius 2 is 1.56 bits per heavy atom. The van der Waals surface area contributed by atoms with Gasteiger partial charge in [0.15, 0.2) is 5.65 Å². The summed E-state index contributed by atoms with van der Waals surface area (Å²) in [7, 11) is 0. The number of piperazine rings is 1. The molecule has 2 aromatic heterocycles. The van der Waals surface area contributed by atoms with Gasteiger partial charge in [-0.1, -0.05) is 12.1 Å². The lowest BCUT2D eigenvalue weighted by Gasteiger charge is -2.26. The van der Waals surface area contributed by atoms with Crippen LogP contribution in [-0.4, -0.2) is 88.1 Å². The maximum Gasteiger partial charge on any atom is 0.254 e. The molecule has 0 atom stereocenters. The average molecular weight is 526 g/mol. The summed E-state index contributed by atoms with van der Waals surface area (Å²) >= 11 is 0. The van der Waals surface area contributed by atoms with E-state index in [1.807, 2.05) is 42.6 Å². The average Bonchev–Trinajstić information content (AvgIpc) is 3.40. The molecule has 39 heavy (non-hydrogen) atoms. The predicted molar refractivity (Wildman–Crippen MR) is 144 cm³/mol. The van der Waals surface area contributed by atoms with Crippen LogP contribution in [0.2, 0.25) is 0 Å². The zero-order valence-corrected chi connectivity index (χ0v) is 21.2. The minimum absolute atomic E-state index is 0.00510. The van der Waals surface area contributed by atoms with E-state index in [0.717, 1.165) is 16.8 Å². The molecule has 3 amide bonds. The van der Waals surface area contributed by atoms with Crippen molar-refractivity contribution in [3.63, 3.8) is 0 Å². The second-order valence-corrected chi connectivity index (χ2v) is 9.39. The van der Waals surface area contributed by atoms with Crippen LogP contribution in [0.5, 0.6) is 0 Å². The Morgan fingerprint density at radius 1 is 0.872 bits per heavy atom. The minimum atomic E-state index is -0.166. The van der Waals surface area contributed by atoms with Gasteiger partial charge in [-0.05, 0) is 54.1 Å². The van der Waals surface area contributed by atoms with Gasteiger partial charge >= 0.3 is 0 Å². The molecule has 2 aliphatic heterocycles. The van der Waals surface area contributed by atoms with E-state index in [-0.39, 0.29) is 24.3 Å². The van der Waals surface area contributed by atoms with Gasteiger partial charge in [0, 0.05) is 54.8 Å². The van der Waals surface area contributed by atoms with Crippen LogP contribution >= 0.6 is 0 Å². The third-order valence-corrected chi connectivity index (χ3v) is 6.82. The molecule has 2 saturated heterocycles. The maximum atomic E-state index is 12.8. The van der Waals surface area contributed by atoms with Gasteiger partial charge in [0.2, 0.25) is 11.9 Å². The van der Waals surface area contributed by atoms with Crippen molar-refractivity contribution in [2.75, 3.05) is 51.3 Å². The second-order valence-electron chi connectivity index (χ2n) is 9.39. The number of fused-ring (bicyclic) bond motifs is 1. The third kappa shape index (κ3) is 5.16. The van der Waals surface area contributed by atoms with E-state index in [4.69, 9.17) is 4.74 Å². The van der Waals surface area contributed by atoms with Gasteiger partial charge in [-0.15, -0.1) is 5.10 Å². The predicted octanol–water partition coefficient (Wildman–Crippen LogP) is 2.18. The fourth-order valence-corrected chi connectivity index (χ4v) is 4.75. The molecule has 0 spiro atoms. The topological polar surface area (TPSA) is 121 Å². The number of pyridine rings is 1. The molecule has 2 N–H and O–H groups in total. The molecule has 2 fully saturated rings. The first-order valence-corrected chi connectivity index (χ1v) is 12.8. The number of carbonyl (C=O) groups is 3. The number of carbonyl (C=O) groups excluding carboxylic acids is 3. The molecule has 2 aliphatic rings. The SMILES string of the molecule is O=C1CN(C(=O)c2ccc(-c3cccn4nc(Nc5ccc(C(=O)N6CCOCC6)cc5)nc34)cc2)CCN1. The highest BCUT2D eigenvalue weighted by molar-refractivity contribution is 5.97. The molecular formula is C28H27N7O4. The van der Waals surface area contributed by atoms with E-state index in [9.17, 15) is 14.4 Å². The zero-order valence-electron chi connectivity index (χ0n) is 21.2. The highest BCUT2D eigenvalue weighted by atomic mass is 16.5. The van der Waals surface area contributed by atoms with Crippen LogP contribution in [0.25, 0.3) is 16.8 Å². The molecule has 4 heterocycles. The number of morpholine rings is 1. The second kappa shape index (κ2) is 10.5. The van der Waals surface area contributed by atoms with E-state index >= 15 is 0 Å². The number of hydrogen-bond acceptors (Lipinski definition) is 7. The Kier molecular flexibility index (Phi) is 6.64. The van der Waals surface area contributed by atoms with Gasteiger partial charge in [-0.25, -0.2) is 4.52 Å². The van der Waals surface area contributed by atoms with Crippen LogP contribution < -0.4 is 10.6 Å². The Balaban J connectivity index is 1.18. The highest BCUT2D eigenvalue weighted by Crippen LogP contribution is 2.26. The molecule has 0 unspecified atom stereocenters.